The molecule has 108 valence electrons. The first-order valence-corrected chi connectivity index (χ1v) is 7.01. The molecule has 5 nitrogen and oxygen atoms in total. The molecule has 0 aromatic heterocycles. The van der Waals surface area contributed by atoms with E-state index >= 15 is 0 Å². The van der Waals surface area contributed by atoms with Crippen molar-refractivity contribution in [1.29, 1.82) is 5.26 Å². The molecule has 0 N–H and O–H groups in total. The van der Waals surface area contributed by atoms with Crippen LogP contribution >= 0.6 is 0 Å². The van der Waals surface area contributed by atoms with Crippen molar-refractivity contribution in [3.63, 3.8) is 0 Å². The number of hydrogen-bond donors (Lipinski definition) is 0. The number of amides is 1. The van der Waals surface area contributed by atoms with Crippen LogP contribution in [0.5, 0.6) is 0 Å². The predicted octanol–water partition coefficient (Wildman–Crippen LogP) is 2.58. The second-order valence-electron chi connectivity index (χ2n) is 5.99. The molecule has 0 aliphatic carbocycles. The molecule has 19 heavy (non-hydrogen) atoms. The van der Waals surface area contributed by atoms with Crippen LogP contribution in [0.4, 0.5) is 4.79 Å². The van der Waals surface area contributed by atoms with Crippen LogP contribution in [0.2, 0.25) is 0 Å². The number of nitrogens with zero attached hydrogens (tertiary/aromatic N) is 3. The maximum absolute atomic E-state index is 12.2. The van der Waals surface area contributed by atoms with Gasteiger partial charge in [-0.1, -0.05) is 6.92 Å². The van der Waals surface area contributed by atoms with Crippen LogP contribution in [0.25, 0.3) is 0 Å². The van der Waals surface area contributed by atoms with Crippen LogP contribution in [-0.4, -0.2) is 47.2 Å². The standard InChI is InChI=1S/C14H25N3O2/c1-5-8-17(13(18)19-14(2,3)4)12-6-9-16(11-15)10-7-12/h12H,5-10H2,1-4H3. The lowest BCUT2D eigenvalue weighted by atomic mass is 10.0. The predicted molar refractivity (Wildman–Crippen MR) is 73.4 cm³/mol. The number of rotatable bonds is 3. The quantitative estimate of drug-likeness (QED) is 0.737. The Hall–Kier alpha value is -1.44. The van der Waals surface area contributed by atoms with Crippen LogP contribution in [-0.2, 0) is 4.74 Å². The highest BCUT2D eigenvalue weighted by atomic mass is 16.6. The molecule has 1 amide bonds. The summed E-state index contributed by atoms with van der Waals surface area (Å²) in [6.07, 6.45) is 4.52. The number of nitriles is 1. The number of carbonyl (C=O) groups excluding carboxylic acids is 1. The van der Waals surface area contributed by atoms with Gasteiger partial charge in [0.2, 0.25) is 0 Å². The molecule has 0 spiro atoms. The molecule has 1 fully saturated rings. The highest BCUT2D eigenvalue weighted by molar-refractivity contribution is 5.68. The lowest BCUT2D eigenvalue weighted by Gasteiger charge is -2.37. The second kappa shape index (κ2) is 6.65. The third kappa shape index (κ3) is 4.98. The number of likely N-dealkylation sites (tertiary alicyclic amines) is 1. The summed E-state index contributed by atoms with van der Waals surface area (Å²) >= 11 is 0. The Morgan fingerprint density at radius 2 is 2.00 bits per heavy atom. The number of piperidine rings is 1. The number of hydrogen-bond acceptors (Lipinski definition) is 4. The highest BCUT2D eigenvalue weighted by Crippen LogP contribution is 2.19. The molecule has 0 radical (unpaired) electrons. The molecule has 0 aromatic rings. The molecule has 1 aliphatic rings. The molecule has 0 bridgehead atoms. The summed E-state index contributed by atoms with van der Waals surface area (Å²) in [5.41, 5.74) is -0.462. The summed E-state index contributed by atoms with van der Waals surface area (Å²) in [5, 5.41) is 8.85. The molecule has 1 rings (SSSR count). The largest absolute Gasteiger partial charge is 0.444 e. The zero-order valence-corrected chi connectivity index (χ0v) is 12.5. The highest BCUT2D eigenvalue weighted by Gasteiger charge is 2.30. The SMILES string of the molecule is CCCN(C(=O)OC(C)(C)C)C1CCN(C#N)CC1. The molecule has 1 saturated heterocycles. The zero-order chi connectivity index (χ0) is 14.5. The van der Waals surface area contributed by atoms with Gasteiger partial charge in [-0.2, -0.15) is 5.26 Å². The smallest absolute Gasteiger partial charge is 0.410 e. The second-order valence-corrected chi connectivity index (χ2v) is 5.99. The first kappa shape index (κ1) is 15.6. The van der Waals surface area contributed by atoms with Gasteiger partial charge in [0.05, 0.1) is 0 Å². The third-order valence-corrected chi connectivity index (χ3v) is 3.14. The fourth-order valence-corrected chi connectivity index (χ4v) is 2.26. The Morgan fingerprint density at radius 3 is 2.42 bits per heavy atom. The van der Waals surface area contributed by atoms with Gasteiger partial charge in [-0.05, 0) is 40.0 Å². The van der Waals surface area contributed by atoms with Crippen molar-refractivity contribution >= 4 is 6.09 Å². The van der Waals surface area contributed by atoms with Crippen LogP contribution in [0.15, 0.2) is 0 Å². The molecule has 5 heteroatoms. The Balaban J connectivity index is 2.62. The van der Waals surface area contributed by atoms with E-state index < -0.39 is 5.60 Å². The van der Waals surface area contributed by atoms with Gasteiger partial charge in [0.15, 0.2) is 6.19 Å². The average molecular weight is 267 g/mol. The van der Waals surface area contributed by atoms with Gasteiger partial charge in [0, 0.05) is 25.7 Å². The number of carbonyl (C=O) groups is 1. The van der Waals surface area contributed by atoms with Gasteiger partial charge in [0.1, 0.15) is 5.60 Å². The van der Waals surface area contributed by atoms with Gasteiger partial charge in [-0.15, -0.1) is 0 Å². The summed E-state index contributed by atoms with van der Waals surface area (Å²) in [7, 11) is 0. The van der Waals surface area contributed by atoms with E-state index in [9.17, 15) is 4.79 Å². The maximum atomic E-state index is 12.2. The van der Waals surface area contributed by atoms with E-state index in [1.165, 1.54) is 0 Å². The molecule has 1 aliphatic heterocycles. The van der Waals surface area contributed by atoms with Gasteiger partial charge < -0.3 is 14.5 Å². The summed E-state index contributed by atoms with van der Waals surface area (Å²) in [4.78, 5) is 15.8. The summed E-state index contributed by atoms with van der Waals surface area (Å²) in [6, 6.07) is 0.194. The third-order valence-electron chi connectivity index (χ3n) is 3.14. The van der Waals surface area contributed by atoms with E-state index in [2.05, 4.69) is 13.1 Å². The van der Waals surface area contributed by atoms with E-state index in [1.807, 2.05) is 25.7 Å². The van der Waals surface area contributed by atoms with Gasteiger partial charge >= 0.3 is 6.09 Å². The molecule has 0 aromatic carbocycles. The minimum Gasteiger partial charge on any atom is -0.444 e. The van der Waals surface area contributed by atoms with Crippen molar-refractivity contribution in [2.75, 3.05) is 19.6 Å². The Kier molecular flexibility index (Phi) is 5.46. The zero-order valence-electron chi connectivity index (χ0n) is 12.5. The minimum absolute atomic E-state index is 0.194. The molecular weight excluding hydrogens is 242 g/mol. The average Bonchev–Trinajstić information content (AvgIpc) is 2.34. The molecule has 0 atom stereocenters. The molecule has 0 saturated carbocycles. The van der Waals surface area contributed by atoms with Crippen molar-refractivity contribution in [3.05, 3.63) is 0 Å². The van der Waals surface area contributed by atoms with Crippen molar-refractivity contribution in [2.24, 2.45) is 0 Å². The van der Waals surface area contributed by atoms with Crippen LogP contribution in [0, 0.1) is 11.5 Å². The fourth-order valence-electron chi connectivity index (χ4n) is 2.26. The van der Waals surface area contributed by atoms with Crippen LogP contribution < -0.4 is 0 Å². The fraction of sp³-hybridized carbons (Fsp3) is 0.857. The van der Waals surface area contributed by atoms with E-state index in [1.54, 1.807) is 4.90 Å². The summed E-state index contributed by atoms with van der Waals surface area (Å²) in [5.74, 6) is 0. The molecular formula is C14H25N3O2. The van der Waals surface area contributed by atoms with E-state index in [4.69, 9.17) is 10.00 Å². The lowest BCUT2D eigenvalue weighted by molar-refractivity contribution is 0.0102. The van der Waals surface area contributed by atoms with Crippen molar-refractivity contribution in [3.8, 4) is 6.19 Å². The van der Waals surface area contributed by atoms with Crippen molar-refractivity contribution in [2.45, 2.75) is 58.6 Å². The van der Waals surface area contributed by atoms with E-state index in [-0.39, 0.29) is 12.1 Å². The Labute approximate surface area is 116 Å². The van der Waals surface area contributed by atoms with Crippen LogP contribution in [0.1, 0.15) is 47.0 Å². The monoisotopic (exact) mass is 267 g/mol. The Morgan fingerprint density at radius 1 is 1.42 bits per heavy atom. The summed E-state index contributed by atoms with van der Waals surface area (Å²) in [6.45, 7) is 9.87. The van der Waals surface area contributed by atoms with E-state index in [0.29, 0.717) is 6.54 Å². The lowest BCUT2D eigenvalue weighted by Crippen LogP contribution is -2.48. The number of ether oxygens (including phenoxy) is 1. The van der Waals surface area contributed by atoms with Crippen LogP contribution in [0.3, 0.4) is 0 Å². The summed E-state index contributed by atoms with van der Waals surface area (Å²) < 4.78 is 5.47. The first-order chi connectivity index (χ1) is 8.87. The van der Waals surface area contributed by atoms with Crippen molar-refractivity contribution in [1.82, 2.24) is 9.80 Å². The van der Waals surface area contributed by atoms with E-state index in [0.717, 1.165) is 32.4 Å². The minimum atomic E-state index is -0.462. The maximum Gasteiger partial charge on any atom is 0.410 e. The van der Waals surface area contributed by atoms with Gasteiger partial charge in [-0.25, -0.2) is 4.79 Å². The normalized spacial score (nSPS) is 16.9. The van der Waals surface area contributed by atoms with Gasteiger partial charge in [0.25, 0.3) is 0 Å². The van der Waals surface area contributed by atoms with Crippen molar-refractivity contribution < 1.29 is 9.53 Å². The molecule has 0 unspecified atom stereocenters. The molecule has 1 heterocycles. The first-order valence-electron chi connectivity index (χ1n) is 7.01. The van der Waals surface area contributed by atoms with Gasteiger partial charge in [-0.3, -0.25) is 0 Å². The Bertz CT molecular complexity index is 336. The topological polar surface area (TPSA) is 56.6 Å².